The van der Waals surface area contributed by atoms with Crippen molar-refractivity contribution >= 4 is 40.9 Å². The second-order valence-electron chi connectivity index (χ2n) is 4.07. The molecule has 2 unspecified atom stereocenters. The number of thioether (sulfide) groups is 2. The van der Waals surface area contributed by atoms with Crippen molar-refractivity contribution in [3.8, 4) is 0 Å². The quantitative estimate of drug-likeness (QED) is 0.521. The van der Waals surface area contributed by atoms with Crippen molar-refractivity contribution in [3.05, 3.63) is 11.2 Å². The van der Waals surface area contributed by atoms with Gasteiger partial charge in [0.1, 0.15) is 11.0 Å². The molecule has 1 aromatic rings. The molecule has 1 saturated carbocycles. The number of rotatable bonds is 4. The molecular formula is C11H16ClN3S2. The van der Waals surface area contributed by atoms with Gasteiger partial charge in [-0.15, -0.1) is 0 Å². The van der Waals surface area contributed by atoms with Crippen LogP contribution in [0.3, 0.4) is 0 Å². The lowest BCUT2D eigenvalue weighted by Gasteiger charge is -2.13. The third-order valence-electron chi connectivity index (χ3n) is 2.93. The lowest BCUT2D eigenvalue weighted by atomic mass is 10.2. The molecule has 1 fully saturated rings. The molecule has 1 aromatic heterocycles. The predicted octanol–water partition coefficient (Wildman–Crippen LogP) is 3.55. The van der Waals surface area contributed by atoms with Gasteiger partial charge in [-0.1, -0.05) is 23.4 Å². The highest BCUT2D eigenvalue weighted by atomic mass is 35.5. The molecule has 2 rings (SSSR count). The maximum absolute atomic E-state index is 5.96. The first-order chi connectivity index (χ1) is 8.21. The molecular weight excluding hydrogens is 274 g/mol. The normalized spacial score (nSPS) is 23.9. The zero-order valence-corrected chi connectivity index (χ0v) is 12.3. The van der Waals surface area contributed by atoms with Gasteiger partial charge in [0.2, 0.25) is 0 Å². The van der Waals surface area contributed by atoms with Gasteiger partial charge in [-0.3, -0.25) is 0 Å². The fourth-order valence-electron chi connectivity index (χ4n) is 2.06. The molecule has 6 heteroatoms. The second kappa shape index (κ2) is 6.16. The van der Waals surface area contributed by atoms with Gasteiger partial charge < -0.3 is 5.32 Å². The van der Waals surface area contributed by atoms with Crippen LogP contribution in [-0.2, 0) is 0 Å². The first-order valence-corrected chi connectivity index (χ1v) is 8.48. The SMILES string of the molecule is CSc1nc(Cl)cc(NC2CCC(SC)C2)n1. The standard InChI is InChI=1S/C11H16ClN3S2/c1-16-8-4-3-7(5-8)13-10-6-9(12)14-11(15-10)17-2/h6-8H,3-5H2,1-2H3,(H,13,14,15). The molecule has 1 aliphatic rings. The molecule has 0 amide bonds. The number of aromatic nitrogens is 2. The summed E-state index contributed by atoms with van der Waals surface area (Å²) in [6.45, 7) is 0. The van der Waals surface area contributed by atoms with Crippen LogP contribution in [0.5, 0.6) is 0 Å². The van der Waals surface area contributed by atoms with Gasteiger partial charge >= 0.3 is 0 Å². The van der Waals surface area contributed by atoms with Crippen molar-refractivity contribution in [1.29, 1.82) is 0 Å². The number of nitrogens with one attached hydrogen (secondary N) is 1. The van der Waals surface area contributed by atoms with Crippen molar-refractivity contribution in [2.75, 3.05) is 17.8 Å². The first-order valence-electron chi connectivity index (χ1n) is 5.59. The summed E-state index contributed by atoms with van der Waals surface area (Å²) in [5, 5.41) is 5.47. The maximum Gasteiger partial charge on any atom is 0.190 e. The van der Waals surface area contributed by atoms with E-state index in [9.17, 15) is 0 Å². The number of nitrogens with zero attached hydrogens (tertiary/aromatic N) is 2. The van der Waals surface area contributed by atoms with E-state index >= 15 is 0 Å². The Labute approximate surface area is 116 Å². The summed E-state index contributed by atoms with van der Waals surface area (Å²) in [4.78, 5) is 8.55. The fourth-order valence-corrected chi connectivity index (χ4v) is 3.47. The van der Waals surface area contributed by atoms with Gasteiger partial charge in [-0.05, 0) is 31.8 Å². The van der Waals surface area contributed by atoms with Crippen LogP contribution in [0.15, 0.2) is 11.2 Å². The average molecular weight is 290 g/mol. The summed E-state index contributed by atoms with van der Waals surface area (Å²) >= 11 is 9.43. The molecule has 3 nitrogen and oxygen atoms in total. The minimum absolute atomic E-state index is 0.506. The van der Waals surface area contributed by atoms with Crippen LogP contribution >= 0.6 is 35.1 Å². The molecule has 1 N–H and O–H groups in total. The summed E-state index contributed by atoms with van der Waals surface area (Å²) in [7, 11) is 0. The van der Waals surface area contributed by atoms with Crippen molar-refractivity contribution in [1.82, 2.24) is 9.97 Å². The highest BCUT2D eigenvalue weighted by Crippen LogP contribution is 2.30. The predicted molar refractivity (Wildman–Crippen MR) is 77.4 cm³/mol. The van der Waals surface area contributed by atoms with Crippen molar-refractivity contribution < 1.29 is 0 Å². The van der Waals surface area contributed by atoms with Crippen LogP contribution in [0.25, 0.3) is 0 Å². The van der Waals surface area contributed by atoms with Crippen LogP contribution < -0.4 is 5.32 Å². The molecule has 1 aliphatic carbocycles. The topological polar surface area (TPSA) is 37.8 Å². The maximum atomic E-state index is 5.96. The largest absolute Gasteiger partial charge is 0.367 e. The van der Waals surface area contributed by atoms with E-state index in [1.807, 2.05) is 18.0 Å². The Morgan fingerprint density at radius 3 is 2.82 bits per heavy atom. The zero-order chi connectivity index (χ0) is 12.3. The Morgan fingerprint density at radius 1 is 1.35 bits per heavy atom. The Balaban J connectivity index is 2.01. The van der Waals surface area contributed by atoms with Crippen molar-refractivity contribution in [3.63, 3.8) is 0 Å². The van der Waals surface area contributed by atoms with E-state index in [4.69, 9.17) is 11.6 Å². The highest BCUT2D eigenvalue weighted by Gasteiger charge is 2.24. The first kappa shape index (κ1) is 13.3. The number of hydrogen-bond acceptors (Lipinski definition) is 5. The van der Waals surface area contributed by atoms with Crippen molar-refractivity contribution in [2.45, 2.75) is 35.7 Å². The Morgan fingerprint density at radius 2 is 2.18 bits per heavy atom. The summed E-state index contributed by atoms with van der Waals surface area (Å²) in [5.41, 5.74) is 0. The Bertz CT molecular complexity index is 389. The lowest BCUT2D eigenvalue weighted by Crippen LogP contribution is -2.17. The minimum Gasteiger partial charge on any atom is -0.367 e. The van der Waals surface area contributed by atoms with E-state index in [-0.39, 0.29) is 0 Å². The molecule has 0 aliphatic heterocycles. The number of anilines is 1. The lowest BCUT2D eigenvalue weighted by molar-refractivity contribution is 0.747. The summed E-state index contributed by atoms with van der Waals surface area (Å²) in [6.07, 6.45) is 7.83. The van der Waals surface area contributed by atoms with E-state index in [0.29, 0.717) is 11.2 Å². The minimum atomic E-state index is 0.506. The van der Waals surface area contributed by atoms with Gasteiger partial charge in [-0.2, -0.15) is 11.8 Å². The van der Waals surface area contributed by atoms with Crippen LogP contribution in [0, 0.1) is 0 Å². The van der Waals surface area contributed by atoms with Gasteiger partial charge in [0.05, 0.1) is 0 Å². The third-order valence-corrected chi connectivity index (χ3v) is 4.76. The molecule has 17 heavy (non-hydrogen) atoms. The molecule has 0 radical (unpaired) electrons. The molecule has 0 bridgehead atoms. The van der Waals surface area contributed by atoms with Crippen LogP contribution in [0.1, 0.15) is 19.3 Å². The zero-order valence-electron chi connectivity index (χ0n) is 9.94. The van der Waals surface area contributed by atoms with Crippen LogP contribution in [-0.4, -0.2) is 33.8 Å². The molecule has 0 spiro atoms. The fraction of sp³-hybridized carbons (Fsp3) is 0.636. The molecule has 0 aromatic carbocycles. The van der Waals surface area contributed by atoms with Crippen molar-refractivity contribution in [2.24, 2.45) is 0 Å². The van der Waals surface area contributed by atoms with Gasteiger partial charge in [0.15, 0.2) is 5.16 Å². The third kappa shape index (κ3) is 3.66. The molecule has 2 atom stereocenters. The van der Waals surface area contributed by atoms with Gasteiger partial charge in [0, 0.05) is 17.4 Å². The van der Waals surface area contributed by atoms with E-state index in [2.05, 4.69) is 21.5 Å². The van der Waals surface area contributed by atoms with Gasteiger partial charge in [-0.25, -0.2) is 9.97 Å². The van der Waals surface area contributed by atoms with E-state index in [1.54, 1.807) is 6.07 Å². The number of hydrogen-bond donors (Lipinski definition) is 1. The highest BCUT2D eigenvalue weighted by molar-refractivity contribution is 7.99. The molecule has 94 valence electrons. The van der Waals surface area contributed by atoms with Crippen LogP contribution in [0.4, 0.5) is 5.82 Å². The molecule has 0 saturated heterocycles. The number of halogens is 1. The monoisotopic (exact) mass is 289 g/mol. The smallest absolute Gasteiger partial charge is 0.190 e. The Kier molecular flexibility index (Phi) is 4.82. The summed E-state index contributed by atoms with van der Waals surface area (Å²) < 4.78 is 0. The molecule has 1 heterocycles. The van der Waals surface area contributed by atoms with Gasteiger partial charge in [0.25, 0.3) is 0 Å². The Hall–Kier alpha value is -0.130. The summed E-state index contributed by atoms with van der Waals surface area (Å²) in [5.74, 6) is 0.848. The van der Waals surface area contributed by atoms with E-state index in [0.717, 1.165) is 16.2 Å². The average Bonchev–Trinajstić information content (AvgIpc) is 2.76. The second-order valence-corrected chi connectivity index (χ2v) is 6.37. The van der Waals surface area contributed by atoms with Crippen LogP contribution in [0.2, 0.25) is 5.15 Å². The van der Waals surface area contributed by atoms with E-state index < -0.39 is 0 Å². The summed E-state index contributed by atoms with van der Waals surface area (Å²) in [6, 6.07) is 2.32. The van der Waals surface area contributed by atoms with E-state index in [1.165, 1.54) is 31.0 Å².